The SMILES string of the molecule is COc1ccc(/C=C/C(=O)C(=O)O)c(Cl)c1OC. The zero-order valence-electron chi connectivity index (χ0n) is 9.77. The first-order valence-electron chi connectivity index (χ1n) is 4.87. The lowest BCUT2D eigenvalue weighted by atomic mass is 10.1. The van der Waals surface area contributed by atoms with Crippen LogP contribution in [0.2, 0.25) is 5.02 Å². The van der Waals surface area contributed by atoms with Gasteiger partial charge in [-0.3, -0.25) is 4.79 Å². The van der Waals surface area contributed by atoms with Gasteiger partial charge < -0.3 is 14.6 Å². The average Bonchev–Trinajstić information content (AvgIpc) is 2.36. The fraction of sp³-hybridized carbons (Fsp3) is 0.167. The van der Waals surface area contributed by atoms with Crippen LogP contribution in [-0.4, -0.2) is 31.1 Å². The lowest BCUT2D eigenvalue weighted by molar-refractivity contribution is -0.146. The summed E-state index contributed by atoms with van der Waals surface area (Å²) in [6.07, 6.45) is 2.23. The minimum Gasteiger partial charge on any atom is -0.493 e. The highest BCUT2D eigenvalue weighted by molar-refractivity contribution is 6.38. The molecule has 0 aliphatic rings. The molecule has 1 aromatic carbocycles. The third kappa shape index (κ3) is 3.01. The molecular weight excluding hydrogens is 260 g/mol. The number of rotatable bonds is 5. The van der Waals surface area contributed by atoms with E-state index in [2.05, 4.69) is 0 Å². The number of benzene rings is 1. The van der Waals surface area contributed by atoms with Gasteiger partial charge in [-0.1, -0.05) is 11.6 Å². The minimum absolute atomic E-state index is 0.242. The van der Waals surface area contributed by atoms with Crippen LogP contribution in [-0.2, 0) is 9.59 Å². The highest BCUT2D eigenvalue weighted by Crippen LogP contribution is 2.37. The maximum atomic E-state index is 10.9. The summed E-state index contributed by atoms with van der Waals surface area (Å²) >= 11 is 6.04. The molecule has 0 atom stereocenters. The highest BCUT2D eigenvalue weighted by Gasteiger charge is 2.12. The van der Waals surface area contributed by atoms with Crippen LogP contribution in [0.4, 0.5) is 0 Å². The Morgan fingerprint density at radius 2 is 1.94 bits per heavy atom. The number of hydrogen-bond acceptors (Lipinski definition) is 4. The normalized spacial score (nSPS) is 10.4. The molecule has 96 valence electrons. The van der Waals surface area contributed by atoms with Crippen molar-refractivity contribution >= 4 is 29.4 Å². The van der Waals surface area contributed by atoms with E-state index in [1.165, 1.54) is 20.3 Å². The van der Waals surface area contributed by atoms with Crippen molar-refractivity contribution in [1.82, 2.24) is 0 Å². The average molecular weight is 271 g/mol. The van der Waals surface area contributed by atoms with Crippen LogP contribution >= 0.6 is 11.6 Å². The molecule has 0 saturated heterocycles. The second-order valence-electron chi connectivity index (χ2n) is 3.21. The molecule has 0 heterocycles. The molecule has 6 heteroatoms. The van der Waals surface area contributed by atoms with Gasteiger partial charge in [-0.15, -0.1) is 0 Å². The predicted octanol–water partition coefficient (Wildman–Crippen LogP) is 2.02. The van der Waals surface area contributed by atoms with Gasteiger partial charge in [0.25, 0.3) is 5.78 Å². The number of halogens is 1. The number of carboxylic acids is 1. The second-order valence-corrected chi connectivity index (χ2v) is 3.58. The van der Waals surface area contributed by atoms with Crippen molar-refractivity contribution in [2.45, 2.75) is 0 Å². The molecule has 0 spiro atoms. The van der Waals surface area contributed by atoms with Crippen LogP contribution in [0.15, 0.2) is 18.2 Å². The Hall–Kier alpha value is -2.01. The molecular formula is C12H11ClO5. The van der Waals surface area contributed by atoms with Crippen LogP contribution < -0.4 is 9.47 Å². The summed E-state index contributed by atoms with van der Waals surface area (Å²) in [7, 11) is 2.90. The molecule has 0 aliphatic carbocycles. The van der Waals surface area contributed by atoms with Crippen molar-refractivity contribution in [2.75, 3.05) is 14.2 Å². The molecule has 1 rings (SSSR count). The van der Waals surface area contributed by atoms with Crippen molar-refractivity contribution in [3.63, 3.8) is 0 Å². The minimum atomic E-state index is -1.53. The van der Waals surface area contributed by atoms with E-state index in [0.29, 0.717) is 17.1 Å². The van der Waals surface area contributed by atoms with Crippen molar-refractivity contribution in [2.24, 2.45) is 0 Å². The Labute approximate surface area is 109 Å². The first-order chi connectivity index (χ1) is 8.51. The molecule has 0 radical (unpaired) electrons. The summed E-state index contributed by atoms with van der Waals surface area (Å²) in [6, 6.07) is 3.20. The van der Waals surface area contributed by atoms with Crippen molar-refractivity contribution in [1.29, 1.82) is 0 Å². The van der Waals surface area contributed by atoms with Crippen LogP contribution in [0.1, 0.15) is 5.56 Å². The molecule has 18 heavy (non-hydrogen) atoms. The quantitative estimate of drug-likeness (QED) is 0.655. The molecule has 0 bridgehead atoms. The fourth-order valence-corrected chi connectivity index (χ4v) is 1.57. The van der Waals surface area contributed by atoms with Gasteiger partial charge in [-0.05, 0) is 29.8 Å². The zero-order valence-corrected chi connectivity index (χ0v) is 10.5. The molecule has 0 aliphatic heterocycles. The molecule has 0 unspecified atom stereocenters. The van der Waals surface area contributed by atoms with Gasteiger partial charge in [0, 0.05) is 0 Å². The summed E-state index contributed by atoms with van der Waals surface area (Å²) in [5.41, 5.74) is 0.462. The van der Waals surface area contributed by atoms with Gasteiger partial charge in [0.15, 0.2) is 11.5 Å². The highest BCUT2D eigenvalue weighted by atomic mass is 35.5. The Morgan fingerprint density at radius 3 is 2.44 bits per heavy atom. The molecule has 0 saturated carbocycles. The molecule has 0 fully saturated rings. The standard InChI is InChI=1S/C12H11ClO5/c1-17-9-6-4-7(10(13)11(9)18-2)3-5-8(14)12(15)16/h3-6H,1-2H3,(H,15,16)/b5-3+. The number of carbonyl (C=O) groups excluding carboxylic acids is 1. The van der Waals surface area contributed by atoms with Gasteiger partial charge in [0.2, 0.25) is 0 Å². The van der Waals surface area contributed by atoms with E-state index in [-0.39, 0.29) is 5.02 Å². The van der Waals surface area contributed by atoms with Crippen molar-refractivity contribution < 1.29 is 24.2 Å². The van der Waals surface area contributed by atoms with Gasteiger partial charge in [0.1, 0.15) is 0 Å². The number of ketones is 1. The van der Waals surface area contributed by atoms with E-state index in [1.807, 2.05) is 0 Å². The predicted molar refractivity (Wildman–Crippen MR) is 66.2 cm³/mol. The van der Waals surface area contributed by atoms with Crippen LogP contribution in [0.3, 0.4) is 0 Å². The number of carbonyl (C=O) groups is 2. The lowest BCUT2D eigenvalue weighted by Crippen LogP contribution is -2.08. The number of hydrogen-bond donors (Lipinski definition) is 1. The van der Waals surface area contributed by atoms with E-state index in [9.17, 15) is 9.59 Å². The summed E-state index contributed by atoms with van der Waals surface area (Å²) in [5.74, 6) is -1.78. The Morgan fingerprint density at radius 1 is 1.28 bits per heavy atom. The number of ether oxygens (including phenoxy) is 2. The summed E-state index contributed by atoms with van der Waals surface area (Å²) in [4.78, 5) is 21.3. The first kappa shape index (κ1) is 14.1. The third-order valence-electron chi connectivity index (χ3n) is 2.14. The summed E-state index contributed by atoms with van der Waals surface area (Å²) in [5, 5.41) is 8.68. The van der Waals surface area contributed by atoms with Gasteiger partial charge in [-0.25, -0.2) is 4.79 Å². The van der Waals surface area contributed by atoms with Gasteiger partial charge in [0.05, 0.1) is 19.2 Å². The molecule has 5 nitrogen and oxygen atoms in total. The summed E-state index contributed by atoms with van der Waals surface area (Å²) in [6.45, 7) is 0. The third-order valence-corrected chi connectivity index (χ3v) is 2.53. The van der Waals surface area contributed by atoms with E-state index < -0.39 is 11.8 Å². The number of methoxy groups -OCH3 is 2. The lowest BCUT2D eigenvalue weighted by Gasteiger charge is -2.10. The zero-order chi connectivity index (χ0) is 13.7. The van der Waals surface area contributed by atoms with E-state index in [0.717, 1.165) is 6.08 Å². The molecule has 0 aromatic heterocycles. The van der Waals surface area contributed by atoms with Gasteiger partial charge >= 0.3 is 5.97 Å². The molecule has 1 N–H and O–H groups in total. The maximum Gasteiger partial charge on any atom is 0.376 e. The maximum absolute atomic E-state index is 10.9. The largest absolute Gasteiger partial charge is 0.493 e. The second kappa shape index (κ2) is 6.07. The summed E-state index contributed by atoms with van der Waals surface area (Å²) < 4.78 is 10.1. The Kier molecular flexibility index (Phi) is 4.74. The van der Waals surface area contributed by atoms with E-state index in [4.69, 9.17) is 26.2 Å². The van der Waals surface area contributed by atoms with Gasteiger partial charge in [-0.2, -0.15) is 0 Å². The van der Waals surface area contributed by atoms with E-state index >= 15 is 0 Å². The Bertz CT molecular complexity index is 507. The number of carboxylic acid groups (broad SMARTS) is 1. The fourth-order valence-electron chi connectivity index (χ4n) is 1.27. The Balaban J connectivity index is 3.12. The van der Waals surface area contributed by atoms with Crippen molar-refractivity contribution in [3.8, 4) is 11.5 Å². The molecule has 0 amide bonds. The number of aliphatic carboxylic acids is 1. The molecule has 1 aromatic rings. The first-order valence-corrected chi connectivity index (χ1v) is 5.24. The monoisotopic (exact) mass is 270 g/mol. The van der Waals surface area contributed by atoms with Crippen molar-refractivity contribution in [3.05, 3.63) is 28.8 Å². The van der Waals surface area contributed by atoms with E-state index in [1.54, 1.807) is 12.1 Å². The smallest absolute Gasteiger partial charge is 0.376 e. The van der Waals surface area contributed by atoms with Crippen LogP contribution in [0.25, 0.3) is 6.08 Å². The van der Waals surface area contributed by atoms with Crippen LogP contribution in [0, 0.1) is 0 Å². The van der Waals surface area contributed by atoms with Crippen LogP contribution in [0.5, 0.6) is 11.5 Å². The topological polar surface area (TPSA) is 72.8 Å².